The van der Waals surface area contributed by atoms with E-state index in [1.807, 2.05) is 19.2 Å². The Morgan fingerprint density at radius 3 is 2.94 bits per heavy atom. The minimum absolute atomic E-state index is 0.685. The molecule has 0 bridgehead atoms. The number of rotatable bonds is 4. The molecular formula is C12H12BrN3O. The number of nitrogens with one attached hydrogen (secondary N) is 1. The van der Waals surface area contributed by atoms with E-state index < -0.39 is 0 Å². The highest BCUT2D eigenvalue weighted by molar-refractivity contribution is 9.10. The molecule has 0 aliphatic carbocycles. The number of nitrogens with zero attached hydrogens (tertiary/aromatic N) is 2. The molecule has 5 heteroatoms. The van der Waals surface area contributed by atoms with E-state index in [4.69, 9.17) is 4.74 Å². The molecule has 0 saturated carbocycles. The fourth-order valence-electron chi connectivity index (χ4n) is 1.41. The molecule has 2 heterocycles. The summed E-state index contributed by atoms with van der Waals surface area (Å²) in [6, 6.07) is 3.79. The molecule has 17 heavy (non-hydrogen) atoms. The Bertz CT molecular complexity index is 505. The number of hydrogen-bond acceptors (Lipinski definition) is 4. The molecule has 2 rings (SSSR count). The second kappa shape index (κ2) is 5.75. The lowest BCUT2D eigenvalue weighted by atomic mass is 10.2. The third-order valence-corrected chi connectivity index (χ3v) is 2.58. The van der Waals surface area contributed by atoms with Crippen LogP contribution in [0.25, 0.3) is 0 Å². The molecule has 1 N–H and O–H groups in total. The van der Waals surface area contributed by atoms with Crippen molar-refractivity contribution in [3.8, 4) is 11.5 Å². The van der Waals surface area contributed by atoms with Crippen LogP contribution in [0.2, 0.25) is 0 Å². The fraction of sp³-hybridized carbons (Fsp3) is 0.167. The summed E-state index contributed by atoms with van der Waals surface area (Å²) >= 11 is 3.35. The molecule has 0 radical (unpaired) electrons. The number of aromatic nitrogens is 2. The Hall–Kier alpha value is -1.46. The van der Waals surface area contributed by atoms with E-state index in [9.17, 15) is 0 Å². The molecule has 4 nitrogen and oxygen atoms in total. The van der Waals surface area contributed by atoms with Crippen LogP contribution >= 0.6 is 15.9 Å². The average Bonchev–Trinajstić information content (AvgIpc) is 2.32. The van der Waals surface area contributed by atoms with Crippen LogP contribution in [0.3, 0.4) is 0 Å². The molecule has 0 fully saturated rings. The van der Waals surface area contributed by atoms with Crippen molar-refractivity contribution in [2.24, 2.45) is 0 Å². The number of halogens is 1. The van der Waals surface area contributed by atoms with Crippen LogP contribution in [0.5, 0.6) is 11.5 Å². The summed E-state index contributed by atoms with van der Waals surface area (Å²) in [5.41, 5.74) is 1.06. The first-order chi connectivity index (χ1) is 8.29. The SMILES string of the molecule is CNCc1ccncc1Oc1cncc(Br)c1. The molecule has 0 aliphatic rings. The summed E-state index contributed by atoms with van der Waals surface area (Å²) in [4.78, 5) is 8.11. The Morgan fingerprint density at radius 1 is 1.29 bits per heavy atom. The minimum atomic E-state index is 0.685. The normalized spacial score (nSPS) is 10.2. The van der Waals surface area contributed by atoms with Gasteiger partial charge in [0.25, 0.3) is 0 Å². The van der Waals surface area contributed by atoms with Gasteiger partial charge < -0.3 is 10.1 Å². The van der Waals surface area contributed by atoms with Crippen molar-refractivity contribution in [3.05, 3.63) is 47.0 Å². The summed E-state index contributed by atoms with van der Waals surface area (Å²) in [6.45, 7) is 0.735. The largest absolute Gasteiger partial charge is 0.454 e. The lowest BCUT2D eigenvalue weighted by Crippen LogP contribution is -2.06. The van der Waals surface area contributed by atoms with Gasteiger partial charge in [0.2, 0.25) is 0 Å². The maximum absolute atomic E-state index is 5.75. The van der Waals surface area contributed by atoms with Gasteiger partial charge in [0, 0.05) is 29.0 Å². The third-order valence-electron chi connectivity index (χ3n) is 2.14. The highest BCUT2D eigenvalue weighted by atomic mass is 79.9. The molecular weight excluding hydrogens is 282 g/mol. The molecule has 0 saturated heterocycles. The summed E-state index contributed by atoms with van der Waals surface area (Å²) in [5, 5.41) is 3.09. The van der Waals surface area contributed by atoms with Crippen molar-refractivity contribution < 1.29 is 4.74 Å². The van der Waals surface area contributed by atoms with Gasteiger partial charge in [-0.3, -0.25) is 9.97 Å². The van der Waals surface area contributed by atoms with Crippen molar-refractivity contribution in [1.82, 2.24) is 15.3 Å². The van der Waals surface area contributed by atoms with Gasteiger partial charge in [-0.25, -0.2) is 0 Å². The summed E-state index contributed by atoms with van der Waals surface area (Å²) in [5.74, 6) is 1.42. The predicted octanol–water partition coefficient (Wildman–Crippen LogP) is 2.75. The zero-order valence-electron chi connectivity index (χ0n) is 9.35. The Labute approximate surface area is 108 Å². The molecule has 88 valence electrons. The van der Waals surface area contributed by atoms with E-state index in [-0.39, 0.29) is 0 Å². The standard InChI is InChI=1S/C12H12BrN3O/c1-14-5-9-2-3-15-8-12(9)17-11-4-10(13)6-16-7-11/h2-4,6-8,14H,5H2,1H3. The van der Waals surface area contributed by atoms with E-state index in [2.05, 4.69) is 31.2 Å². The molecule has 0 atom stereocenters. The van der Waals surface area contributed by atoms with Crippen LogP contribution in [0, 0.1) is 0 Å². The van der Waals surface area contributed by atoms with Crippen LogP contribution in [-0.2, 0) is 6.54 Å². The third kappa shape index (κ3) is 3.25. The van der Waals surface area contributed by atoms with E-state index in [0.29, 0.717) is 5.75 Å². The Kier molecular flexibility index (Phi) is 4.06. The monoisotopic (exact) mass is 293 g/mol. The minimum Gasteiger partial charge on any atom is -0.454 e. The van der Waals surface area contributed by atoms with Crippen LogP contribution in [0.1, 0.15) is 5.56 Å². The number of pyridine rings is 2. The first-order valence-corrected chi connectivity index (χ1v) is 5.95. The lowest BCUT2D eigenvalue weighted by Gasteiger charge is -2.09. The molecule has 2 aromatic heterocycles. The van der Waals surface area contributed by atoms with Crippen molar-refractivity contribution in [1.29, 1.82) is 0 Å². The maximum Gasteiger partial charge on any atom is 0.150 e. The highest BCUT2D eigenvalue weighted by Crippen LogP contribution is 2.25. The van der Waals surface area contributed by atoms with Gasteiger partial charge in [0.1, 0.15) is 11.5 Å². The molecule has 0 aliphatic heterocycles. The molecule has 2 aromatic rings. The van der Waals surface area contributed by atoms with E-state index in [1.54, 1.807) is 24.8 Å². The van der Waals surface area contributed by atoms with E-state index in [0.717, 1.165) is 22.3 Å². The van der Waals surface area contributed by atoms with Crippen LogP contribution < -0.4 is 10.1 Å². The van der Waals surface area contributed by atoms with Gasteiger partial charge in [-0.2, -0.15) is 0 Å². The summed E-state index contributed by atoms with van der Waals surface area (Å²) < 4.78 is 6.63. The second-order valence-corrected chi connectivity index (χ2v) is 4.37. The van der Waals surface area contributed by atoms with Gasteiger partial charge in [-0.1, -0.05) is 0 Å². The maximum atomic E-state index is 5.75. The van der Waals surface area contributed by atoms with Gasteiger partial charge in [0.15, 0.2) is 0 Å². The lowest BCUT2D eigenvalue weighted by molar-refractivity contribution is 0.469. The van der Waals surface area contributed by atoms with Crippen LogP contribution in [0.4, 0.5) is 0 Å². The predicted molar refractivity (Wildman–Crippen MR) is 69.0 cm³/mol. The fourth-order valence-corrected chi connectivity index (χ4v) is 1.76. The highest BCUT2D eigenvalue weighted by Gasteiger charge is 2.04. The van der Waals surface area contributed by atoms with Crippen molar-refractivity contribution in [3.63, 3.8) is 0 Å². The topological polar surface area (TPSA) is 47.0 Å². The zero-order valence-corrected chi connectivity index (χ0v) is 10.9. The Morgan fingerprint density at radius 2 is 2.18 bits per heavy atom. The zero-order chi connectivity index (χ0) is 12.1. The number of ether oxygens (including phenoxy) is 1. The molecule has 0 unspecified atom stereocenters. The molecule has 0 aromatic carbocycles. The molecule has 0 spiro atoms. The Balaban J connectivity index is 2.23. The van der Waals surface area contributed by atoms with Crippen LogP contribution in [-0.4, -0.2) is 17.0 Å². The first-order valence-electron chi connectivity index (χ1n) is 5.15. The van der Waals surface area contributed by atoms with Crippen molar-refractivity contribution >= 4 is 15.9 Å². The first kappa shape index (κ1) is 12.0. The number of hydrogen-bond donors (Lipinski definition) is 1. The van der Waals surface area contributed by atoms with Gasteiger partial charge in [-0.15, -0.1) is 0 Å². The van der Waals surface area contributed by atoms with Gasteiger partial charge in [-0.05, 0) is 35.1 Å². The molecule has 0 amide bonds. The van der Waals surface area contributed by atoms with Crippen molar-refractivity contribution in [2.45, 2.75) is 6.54 Å². The van der Waals surface area contributed by atoms with Gasteiger partial charge in [0.05, 0.1) is 12.4 Å². The quantitative estimate of drug-likeness (QED) is 0.942. The van der Waals surface area contributed by atoms with E-state index >= 15 is 0 Å². The smallest absolute Gasteiger partial charge is 0.150 e. The summed E-state index contributed by atoms with van der Waals surface area (Å²) in [7, 11) is 1.89. The van der Waals surface area contributed by atoms with Gasteiger partial charge >= 0.3 is 0 Å². The average molecular weight is 294 g/mol. The van der Waals surface area contributed by atoms with Crippen molar-refractivity contribution in [2.75, 3.05) is 7.05 Å². The van der Waals surface area contributed by atoms with Crippen LogP contribution in [0.15, 0.2) is 41.4 Å². The second-order valence-electron chi connectivity index (χ2n) is 3.45. The summed E-state index contributed by atoms with van der Waals surface area (Å²) in [6.07, 6.45) is 6.83. The van der Waals surface area contributed by atoms with E-state index in [1.165, 1.54) is 0 Å².